The lowest BCUT2D eigenvalue weighted by molar-refractivity contribution is 0.0920. The van der Waals surface area contributed by atoms with Crippen molar-refractivity contribution in [3.05, 3.63) is 93.1 Å². The first-order valence-corrected chi connectivity index (χ1v) is 19.9. The Morgan fingerprint density at radius 3 is 1.52 bits per heavy atom. The van der Waals surface area contributed by atoms with E-state index in [0.29, 0.717) is 21.9 Å². The molecule has 2 atom stereocenters. The van der Waals surface area contributed by atoms with Crippen molar-refractivity contribution in [2.45, 2.75) is 57.5 Å². The predicted molar refractivity (Wildman–Crippen MR) is 201 cm³/mol. The highest BCUT2D eigenvalue weighted by atomic mass is 35.5. The van der Waals surface area contributed by atoms with Crippen LogP contribution in [0.1, 0.15) is 64.8 Å². The number of carbonyl (C=O) groups is 2. The van der Waals surface area contributed by atoms with Crippen molar-refractivity contribution in [1.82, 2.24) is 20.4 Å². The van der Waals surface area contributed by atoms with E-state index in [1.54, 1.807) is 17.4 Å². The molecule has 6 saturated heterocycles. The first-order valence-electron chi connectivity index (χ1n) is 17.7. The quantitative estimate of drug-likeness (QED) is 0.189. The molecule has 2 N–H and O–H groups in total. The third-order valence-corrected chi connectivity index (χ3v) is 12.3. The van der Waals surface area contributed by atoms with Gasteiger partial charge in [-0.2, -0.15) is 0 Å². The molecule has 4 aromatic rings. The molecule has 0 saturated carbocycles. The van der Waals surface area contributed by atoms with Crippen LogP contribution in [0, 0.1) is 18.8 Å². The normalized spacial score (nSPS) is 25.4. The number of thiophene rings is 2. The summed E-state index contributed by atoms with van der Waals surface area (Å²) < 4.78 is 11.5. The van der Waals surface area contributed by atoms with E-state index in [4.69, 9.17) is 21.1 Å². The van der Waals surface area contributed by atoms with Crippen molar-refractivity contribution in [3.8, 4) is 21.6 Å². The van der Waals surface area contributed by atoms with Crippen molar-refractivity contribution in [1.29, 1.82) is 0 Å². The summed E-state index contributed by atoms with van der Waals surface area (Å²) >= 11 is 8.93. The summed E-state index contributed by atoms with van der Waals surface area (Å²) in [6.07, 6.45) is 7.31. The Balaban J connectivity index is 0.000000157. The summed E-state index contributed by atoms with van der Waals surface area (Å²) in [5.74, 6) is 3.02. The van der Waals surface area contributed by atoms with Gasteiger partial charge in [-0.15, -0.1) is 22.7 Å². The van der Waals surface area contributed by atoms with E-state index in [-0.39, 0.29) is 23.9 Å². The molecule has 2 aromatic heterocycles. The number of fused-ring (bicyclic) bond motifs is 8. The molecule has 8 nitrogen and oxygen atoms in total. The fourth-order valence-corrected chi connectivity index (χ4v) is 9.22. The molecular formula is C39H45ClN4O4S2. The maximum atomic E-state index is 12.6. The summed E-state index contributed by atoms with van der Waals surface area (Å²) in [4.78, 5) is 30.1. The number of piperidine rings is 2. The van der Waals surface area contributed by atoms with Crippen molar-refractivity contribution in [3.63, 3.8) is 0 Å². The maximum Gasteiger partial charge on any atom is 0.251 e. The van der Waals surface area contributed by atoms with Gasteiger partial charge in [0.05, 0.1) is 5.02 Å². The Morgan fingerprint density at radius 2 is 1.12 bits per heavy atom. The van der Waals surface area contributed by atoms with Gasteiger partial charge in [-0.25, -0.2) is 0 Å². The number of ether oxygens (including phenoxy) is 2. The first kappa shape index (κ1) is 35.0. The van der Waals surface area contributed by atoms with Gasteiger partial charge in [-0.05, 0) is 149 Å². The molecule has 2 aromatic carbocycles. The summed E-state index contributed by atoms with van der Waals surface area (Å²) in [6, 6.07) is 19.0. The van der Waals surface area contributed by atoms with Crippen LogP contribution in [0.5, 0.6) is 21.6 Å². The number of nitrogens with one attached hydrogen (secondary N) is 2. The second-order valence-electron chi connectivity index (χ2n) is 14.1. The average molecular weight is 733 g/mol. The average Bonchev–Trinajstić information content (AvgIpc) is 3.43. The number of carbonyl (C=O) groups excluding carboxylic acids is 2. The number of benzene rings is 2. The molecule has 0 spiro atoms. The second-order valence-corrected chi connectivity index (χ2v) is 16.3. The van der Waals surface area contributed by atoms with Gasteiger partial charge in [-0.1, -0.05) is 11.6 Å². The fraction of sp³-hybridized carbons (Fsp3) is 0.436. The van der Waals surface area contributed by atoms with Crippen LogP contribution < -0.4 is 20.1 Å². The molecule has 264 valence electrons. The van der Waals surface area contributed by atoms with Crippen LogP contribution >= 0.6 is 34.3 Å². The van der Waals surface area contributed by atoms with E-state index in [0.717, 1.165) is 53.6 Å². The van der Waals surface area contributed by atoms with Gasteiger partial charge in [0.15, 0.2) is 10.1 Å². The minimum Gasteiger partial charge on any atom is -0.447 e. The first-order chi connectivity index (χ1) is 24.3. The van der Waals surface area contributed by atoms with E-state index in [2.05, 4.69) is 25.8 Å². The molecule has 8 heterocycles. The fourth-order valence-electron chi connectivity index (χ4n) is 7.52. The van der Waals surface area contributed by atoms with Gasteiger partial charge < -0.3 is 29.9 Å². The summed E-state index contributed by atoms with van der Waals surface area (Å²) in [5, 5.41) is 12.6. The van der Waals surface area contributed by atoms with E-state index in [9.17, 15) is 9.59 Å². The Kier molecular flexibility index (Phi) is 11.4. The number of hydrogen-bond acceptors (Lipinski definition) is 8. The van der Waals surface area contributed by atoms with Crippen LogP contribution in [0.25, 0.3) is 0 Å². The highest BCUT2D eigenvalue weighted by Gasteiger charge is 2.31. The van der Waals surface area contributed by atoms with Gasteiger partial charge in [0, 0.05) is 47.7 Å². The van der Waals surface area contributed by atoms with E-state index >= 15 is 0 Å². The van der Waals surface area contributed by atoms with Crippen molar-refractivity contribution < 1.29 is 19.1 Å². The number of aryl methyl sites for hydroxylation is 1. The molecule has 0 aliphatic carbocycles. The molecule has 2 amide bonds. The summed E-state index contributed by atoms with van der Waals surface area (Å²) in [5.41, 5.74) is 2.56. The number of amides is 2. The largest absolute Gasteiger partial charge is 0.447 e. The number of rotatable bonds is 8. The van der Waals surface area contributed by atoms with Gasteiger partial charge in [0.2, 0.25) is 0 Å². The van der Waals surface area contributed by atoms with Crippen LogP contribution in [-0.2, 0) is 0 Å². The van der Waals surface area contributed by atoms with Crippen LogP contribution in [0.3, 0.4) is 0 Å². The standard InChI is InChI=1S/C20H24N2O2S.C19H21ClN2O2S/c1-14-10-19(25-13-14)24-18-4-2-16(3-5-18)20(23)21-17-11-15-6-8-22(12-17)9-7-15;20-15-10-18(25-12-15)24-17-3-1-14(2-4-17)19(23)21-16-9-13-5-7-22(11-16)8-6-13/h2-5,10,13,15,17H,6-9,11-12H2,1H3,(H,21,23);1-4,10,12-13,16H,5-9,11H2,(H,21,23). The van der Waals surface area contributed by atoms with Gasteiger partial charge >= 0.3 is 0 Å². The van der Waals surface area contributed by atoms with Crippen LogP contribution in [0.4, 0.5) is 0 Å². The Morgan fingerprint density at radius 1 is 0.680 bits per heavy atom. The highest BCUT2D eigenvalue weighted by molar-refractivity contribution is 7.12. The molecule has 2 unspecified atom stereocenters. The number of halogens is 1. The molecule has 6 aliphatic heterocycles. The van der Waals surface area contributed by atoms with Crippen LogP contribution in [0.2, 0.25) is 5.02 Å². The molecular weight excluding hydrogens is 688 g/mol. The summed E-state index contributed by atoms with van der Waals surface area (Å²) in [6.45, 7) is 8.74. The van der Waals surface area contributed by atoms with E-state index < -0.39 is 0 Å². The molecule has 6 aliphatic rings. The molecule has 50 heavy (non-hydrogen) atoms. The van der Waals surface area contributed by atoms with E-state index in [1.165, 1.54) is 68.8 Å². The number of nitrogens with zero attached hydrogens (tertiary/aromatic N) is 2. The SMILES string of the molecule is Cc1csc(Oc2ccc(C(=O)NC3CC4CCN(CC4)C3)cc2)c1.O=C(NC1CC2CCN(CC2)C1)c1ccc(Oc2cc(Cl)cs2)cc1. The van der Waals surface area contributed by atoms with E-state index in [1.807, 2.05) is 66.9 Å². The molecule has 10 rings (SSSR count). The third-order valence-electron chi connectivity index (χ3n) is 10.2. The topological polar surface area (TPSA) is 83.1 Å². The maximum absolute atomic E-state index is 12.6. The molecule has 11 heteroatoms. The molecule has 0 radical (unpaired) electrons. The summed E-state index contributed by atoms with van der Waals surface area (Å²) in [7, 11) is 0. The highest BCUT2D eigenvalue weighted by Crippen LogP contribution is 2.32. The lowest BCUT2D eigenvalue weighted by atomic mass is 9.94. The number of hydrogen-bond donors (Lipinski definition) is 2. The van der Waals surface area contributed by atoms with Crippen LogP contribution in [0.15, 0.2) is 71.4 Å². The third kappa shape index (κ3) is 9.47. The van der Waals surface area contributed by atoms with Gasteiger partial charge in [-0.3, -0.25) is 9.59 Å². The lowest BCUT2D eigenvalue weighted by Gasteiger charge is -2.26. The van der Waals surface area contributed by atoms with Crippen molar-refractivity contribution in [2.24, 2.45) is 11.8 Å². The van der Waals surface area contributed by atoms with Gasteiger partial charge in [0.25, 0.3) is 11.8 Å². The monoisotopic (exact) mass is 732 g/mol. The zero-order valence-electron chi connectivity index (χ0n) is 28.4. The second kappa shape index (κ2) is 16.3. The van der Waals surface area contributed by atoms with Crippen molar-refractivity contribution in [2.75, 3.05) is 39.3 Å². The van der Waals surface area contributed by atoms with Gasteiger partial charge in [0.1, 0.15) is 11.5 Å². The Bertz CT molecular complexity index is 1570. The zero-order valence-corrected chi connectivity index (χ0v) is 30.8. The van der Waals surface area contributed by atoms with Crippen molar-refractivity contribution >= 4 is 46.1 Å². The predicted octanol–water partition coefficient (Wildman–Crippen LogP) is 8.47. The molecule has 6 fully saturated rings. The Hall–Kier alpha value is -3.41. The Labute approximate surface area is 307 Å². The van der Waals surface area contributed by atoms with Crippen LogP contribution in [-0.4, -0.2) is 73.0 Å². The minimum absolute atomic E-state index is 0.00165. The zero-order chi connectivity index (χ0) is 34.5. The smallest absolute Gasteiger partial charge is 0.251 e. The molecule has 4 bridgehead atoms. The minimum atomic E-state index is -0.00165. The lowest BCUT2D eigenvalue weighted by Crippen LogP contribution is -2.41.